The molecule has 20 heavy (non-hydrogen) atoms. The number of nitro groups is 1. The second kappa shape index (κ2) is 7.91. The molecule has 0 heterocycles. The third kappa shape index (κ3) is 4.25. The molecule has 0 aliphatic rings. The highest BCUT2D eigenvalue weighted by molar-refractivity contribution is 6.32. The molecule has 0 amide bonds. The lowest BCUT2D eigenvalue weighted by molar-refractivity contribution is -0.385. The Bertz CT molecular complexity index is 464. The van der Waals surface area contributed by atoms with E-state index in [-0.39, 0.29) is 16.5 Å². The molecule has 0 atom stereocenters. The molecule has 0 bridgehead atoms. The van der Waals surface area contributed by atoms with Crippen LogP contribution in [0.15, 0.2) is 12.1 Å². The van der Waals surface area contributed by atoms with Crippen molar-refractivity contribution < 1.29 is 14.4 Å². The summed E-state index contributed by atoms with van der Waals surface area (Å²) in [4.78, 5) is 12.6. The van der Waals surface area contributed by atoms with Crippen LogP contribution in [0.3, 0.4) is 0 Å². The van der Waals surface area contributed by atoms with Crippen molar-refractivity contribution in [3.8, 4) is 11.5 Å². The first kappa shape index (κ1) is 16.5. The van der Waals surface area contributed by atoms with E-state index in [1.807, 2.05) is 0 Å². The number of halogens is 1. The maximum atomic E-state index is 11.0. The summed E-state index contributed by atoms with van der Waals surface area (Å²) < 4.78 is 10.6. The van der Waals surface area contributed by atoms with Crippen molar-refractivity contribution in [2.75, 3.05) is 33.4 Å². The van der Waals surface area contributed by atoms with Crippen LogP contribution in [0.2, 0.25) is 5.02 Å². The molecule has 1 aromatic rings. The van der Waals surface area contributed by atoms with Gasteiger partial charge in [-0.05, 0) is 13.1 Å². The van der Waals surface area contributed by atoms with Gasteiger partial charge in [0, 0.05) is 18.7 Å². The zero-order valence-corrected chi connectivity index (χ0v) is 12.6. The first-order chi connectivity index (χ1) is 9.53. The van der Waals surface area contributed by atoms with Crippen LogP contribution < -0.4 is 9.47 Å². The molecular formula is C13H19ClN2O4. The topological polar surface area (TPSA) is 64.8 Å². The van der Waals surface area contributed by atoms with Crippen LogP contribution in [0.25, 0.3) is 0 Å². The van der Waals surface area contributed by atoms with Gasteiger partial charge in [0.15, 0.2) is 0 Å². The lowest BCUT2D eigenvalue weighted by Gasteiger charge is -2.18. The second-order valence-electron chi connectivity index (χ2n) is 4.09. The molecule has 0 saturated heterocycles. The third-order valence-electron chi connectivity index (χ3n) is 2.99. The summed E-state index contributed by atoms with van der Waals surface area (Å²) in [5, 5.41) is 11.2. The van der Waals surface area contributed by atoms with Gasteiger partial charge in [-0.1, -0.05) is 25.4 Å². The standard InChI is InChI=1S/C13H19ClN2O4/c1-4-15(5-2)6-7-20-13-9-12(19-3)10(14)8-11(13)16(17)18/h8-9H,4-7H2,1-3H3. The highest BCUT2D eigenvalue weighted by Gasteiger charge is 2.19. The lowest BCUT2D eigenvalue weighted by Crippen LogP contribution is -2.28. The number of rotatable bonds is 8. The van der Waals surface area contributed by atoms with E-state index in [9.17, 15) is 10.1 Å². The lowest BCUT2D eigenvalue weighted by atomic mass is 10.2. The Kier molecular flexibility index (Phi) is 6.54. The molecule has 0 aliphatic heterocycles. The minimum Gasteiger partial charge on any atom is -0.495 e. The number of ether oxygens (including phenoxy) is 2. The summed E-state index contributed by atoms with van der Waals surface area (Å²) in [6.07, 6.45) is 0. The Labute approximate surface area is 123 Å². The average Bonchev–Trinajstić information content (AvgIpc) is 2.44. The van der Waals surface area contributed by atoms with E-state index >= 15 is 0 Å². The van der Waals surface area contributed by atoms with Gasteiger partial charge in [-0.3, -0.25) is 10.1 Å². The first-order valence-electron chi connectivity index (χ1n) is 6.40. The molecule has 1 rings (SSSR count). The molecule has 6 nitrogen and oxygen atoms in total. The van der Waals surface area contributed by atoms with Crippen molar-refractivity contribution in [3.63, 3.8) is 0 Å². The average molecular weight is 303 g/mol. The quantitative estimate of drug-likeness (QED) is 0.545. The maximum Gasteiger partial charge on any atom is 0.312 e. The zero-order valence-electron chi connectivity index (χ0n) is 11.9. The van der Waals surface area contributed by atoms with Crippen LogP contribution >= 0.6 is 11.6 Å². The van der Waals surface area contributed by atoms with Crippen LogP contribution in [0.4, 0.5) is 5.69 Å². The van der Waals surface area contributed by atoms with Crippen molar-refractivity contribution in [1.82, 2.24) is 4.90 Å². The van der Waals surface area contributed by atoms with E-state index in [1.165, 1.54) is 19.2 Å². The Hall–Kier alpha value is -1.53. The molecule has 0 N–H and O–H groups in total. The molecule has 0 saturated carbocycles. The predicted octanol–water partition coefficient (Wildman–Crippen LogP) is 2.98. The van der Waals surface area contributed by atoms with Crippen molar-refractivity contribution in [3.05, 3.63) is 27.3 Å². The summed E-state index contributed by atoms with van der Waals surface area (Å²) >= 11 is 5.88. The molecule has 1 aromatic carbocycles. The third-order valence-corrected chi connectivity index (χ3v) is 3.28. The summed E-state index contributed by atoms with van der Waals surface area (Å²) in [7, 11) is 1.45. The van der Waals surface area contributed by atoms with Gasteiger partial charge in [0.1, 0.15) is 12.4 Å². The Balaban J connectivity index is 2.84. The summed E-state index contributed by atoms with van der Waals surface area (Å²) in [5.41, 5.74) is -0.157. The van der Waals surface area contributed by atoms with Crippen molar-refractivity contribution in [2.45, 2.75) is 13.8 Å². The van der Waals surface area contributed by atoms with Crippen molar-refractivity contribution in [2.24, 2.45) is 0 Å². The number of hydrogen-bond acceptors (Lipinski definition) is 5. The van der Waals surface area contributed by atoms with E-state index in [0.717, 1.165) is 13.1 Å². The van der Waals surface area contributed by atoms with E-state index in [4.69, 9.17) is 21.1 Å². The van der Waals surface area contributed by atoms with Crippen molar-refractivity contribution in [1.29, 1.82) is 0 Å². The number of nitro benzene ring substituents is 1. The summed E-state index contributed by atoms with van der Waals surface area (Å²) in [6, 6.07) is 2.69. The van der Waals surface area contributed by atoms with Gasteiger partial charge in [-0.15, -0.1) is 0 Å². The molecule has 0 aliphatic carbocycles. The highest BCUT2D eigenvalue weighted by Crippen LogP contribution is 2.37. The molecule has 0 spiro atoms. The first-order valence-corrected chi connectivity index (χ1v) is 6.78. The van der Waals surface area contributed by atoms with Gasteiger partial charge in [-0.25, -0.2) is 0 Å². The van der Waals surface area contributed by atoms with Gasteiger partial charge in [0.05, 0.1) is 17.1 Å². The van der Waals surface area contributed by atoms with Gasteiger partial charge in [0.25, 0.3) is 0 Å². The van der Waals surface area contributed by atoms with Gasteiger partial charge < -0.3 is 14.4 Å². The van der Waals surface area contributed by atoms with Crippen LogP contribution in [0, 0.1) is 10.1 Å². The van der Waals surface area contributed by atoms with E-state index < -0.39 is 4.92 Å². The smallest absolute Gasteiger partial charge is 0.312 e. The number of benzene rings is 1. The van der Waals surface area contributed by atoms with Gasteiger partial charge >= 0.3 is 5.69 Å². The van der Waals surface area contributed by atoms with E-state index in [1.54, 1.807) is 0 Å². The SMILES string of the molecule is CCN(CC)CCOc1cc(OC)c(Cl)cc1[N+](=O)[O-]. The minimum atomic E-state index is -0.516. The number of methoxy groups -OCH3 is 1. The number of nitrogens with zero attached hydrogens (tertiary/aromatic N) is 2. The van der Waals surface area contributed by atoms with Gasteiger partial charge in [-0.2, -0.15) is 0 Å². The maximum absolute atomic E-state index is 11.0. The van der Waals surface area contributed by atoms with Crippen molar-refractivity contribution >= 4 is 17.3 Å². The molecule has 0 fully saturated rings. The number of hydrogen-bond donors (Lipinski definition) is 0. The minimum absolute atomic E-state index is 0.157. The highest BCUT2D eigenvalue weighted by atomic mass is 35.5. The van der Waals surface area contributed by atoms with Crippen LogP contribution in [0.1, 0.15) is 13.8 Å². The molecular weight excluding hydrogens is 284 g/mol. The van der Waals surface area contributed by atoms with Crippen LogP contribution in [0.5, 0.6) is 11.5 Å². The fraction of sp³-hybridized carbons (Fsp3) is 0.538. The molecule has 112 valence electrons. The molecule has 0 unspecified atom stereocenters. The van der Waals surface area contributed by atoms with E-state index in [2.05, 4.69) is 18.7 Å². The largest absolute Gasteiger partial charge is 0.495 e. The fourth-order valence-corrected chi connectivity index (χ4v) is 2.00. The fourth-order valence-electron chi connectivity index (χ4n) is 1.76. The summed E-state index contributed by atoms with van der Waals surface area (Å²) in [5.74, 6) is 0.526. The van der Waals surface area contributed by atoms with Crippen LogP contribution in [-0.2, 0) is 0 Å². The predicted molar refractivity (Wildman–Crippen MR) is 77.9 cm³/mol. The molecule has 7 heteroatoms. The Morgan fingerprint density at radius 3 is 2.45 bits per heavy atom. The van der Waals surface area contributed by atoms with Gasteiger partial charge in [0.2, 0.25) is 5.75 Å². The normalized spacial score (nSPS) is 10.7. The molecule has 0 radical (unpaired) electrons. The summed E-state index contributed by atoms with van der Waals surface area (Å²) in [6.45, 7) is 6.99. The zero-order chi connectivity index (χ0) is 15.1. The number of likely N-dealkylation sites (N-methyl/N-ethyl adjacent to an activating group) is 1. The monoisotopic (exact) mass is 302 g/mol. The second-order valence-corrected chi connectivity index (χ2v) is 4.49. The Morgan fingerprint density at radius 1 is 1.30 bits per heavy atom. The molecule has 0 aromatic heterocycles. The van der Waals surface area contributed by atoms with Crippen LogP contribution in [-0.4, -0.2) is 43.2 Å². The Morgan fingerprint density at radius 2 is 1.95 bits per heavy atom. The van der Waals surface area contributed by atoms with E-state index in [0.29, 0.717) is 18.9 Å².